The summed E-state index contributed by atoms with van der Waals surface area (Å²) in [6.07, 6.45) is 2.60. The van der Waals surface area contributed by atoms with Crippen LogP contribution < -0.4 is 15.4 Å². The van der Waals surface area contributed by atoms with Gasteiger partial charge in [-0.05, 0) is 51.9 Å². The summed E-state index contributed by atoms with van der Waals surface area (Å²) in [7, 11) is 0. The number of hydrogen-bond acceptors (Lipinski definition) is 4. The highest BCUT2D eigenvalue weighted by Gasteiger charge is 2.23. The van der Waals surface area contributed by atoms with Gasteiger partial charge in [-0.2, -0.15) is 0 Å². The molecule has 1 aromatic carbocycles. The van der Waals surface area contributed by atoms with Gasteiger partial charge in [-0.3, -0.25) is 0 Å². The molecule has 0 saturated carbocycles. The Morgan fingerprint density at radius 2 is 1.86 bits per heavy atom. The number of rotatable bonds is 6. The predicted molar refractivity (Wildman–Crippen MR) is 94.8 cm³/mol. The van der Waals surface area contributed by atoms with E-state index in [1.54, 1.807) is 0 Å². The summed E-state index contributed by atoms with van der Waals surface area (Å²) in [5.74, 6) is 0.804. The molecule has 1 aromatic rings. The van der Waals surface area contributed by atoms with E-state index in [-0.39, 0.29) is 6.10 Å². The predicted octanol–water partition coefficient (Wildman–Crippen LogP) is 3.37. The van der Waals surface area contributed by atoms with E-state index in [1.165, 1.54) is 18.5 Å². The Morgan fingerprint density at radius 3 is 2.41 bits per heavy atom. The molecule has 1 fully saturated rings. The molecule has 4 heteroatoms. The van der Waals surface area contributed by atoms with Crippen LogP contribution in [-0.4, -0.2) is 43.2 Å². The molecule has 1 aliphatic heterocycles. The van der Waals surface area contributed by atoms with Gasteiger partial charge in [0.2, 0.25) is 0 Å². The van der Waals surface area contributed by atoms with Gasteiger partial charge in [-0.15, -0.1) is 0 Å². The first-order chi connectivity index (χ1) is 10.5. The zero-order chi connectivity index (χ0) is 16.1. The van der Waals surface area contributed by atoms with Crippen LogP contribution in [0.15, 0.2) is 18.2 Å². The zero-order valence-electron chi connectivity index (χ0n) is 14.5. The third-order valence-corrected chi connectivity index (χ3v) is 4.52. The van der Waals surface area contributed by atoms with Crippen molar-refractivity contribution in [2.45, 2.75) is 52.7 Å². The highest BCUT2D eigenvalue weighted by atomic mass is 16.5. The van der Waals surface area contributed by atoms with E-state index in [4.69, 9.17) is 10.5 Å². The largest absolute Gasteiger partial charge is 0.489 e. The van der Waals surface area contributed by atoms with Crippen molar-refractivity contribution in [1.82, 2.24) is 4.90 Å². The second-order valence-electron chi connectivity index (χ2n) is 6.33. The second-order valence-corrected chi connectivity index (χ2v) is 6.33. The number of anilines is 2. The van der Waals surface area contributed by atoms with E-state index in [2.05, 4.69) is 35.8 Å². The van der Waals surface area contributed by atoms with E-state index < -0.39 is 0 Å². The molecular weight excluding hydrogens is 274 g/mol. The first-order valence-electron chi connectivity index (χ1n) is 8.60. The summed E-state index contributed by atoms with van der Waals surface area (Å²) in [5.41, 5.74) is 7.96. The number of benzene rings is 1. The van der Waals surface area contributed by atoms with Crippen molar-refractivity contribution in [3.05, 3.63) is 18.2 Å². The molecule has 4 nitrogen and oxygen atoms in total. The van der Waals surface area contributed by atoms with E-state index in [0.717, 1.165) is 43.7 Å². The van der Waals surface area contributed by atoms with E-state index in [0.29, 0.717) is 0 Å². The SMILES string of the molecule is CCN(CC)C1CCN(c2ccc(N)c(OC(C)C)c2)CC1. The van der Waals surface area contributed by atoms with Crippen molar-refractivity contribution >= 4 is 11.4 Å². The maximum Gasteiger partial charge on any atom is 0.144 e. The zero-order valence-corrected chi connectivity index (χ0v) is 14.5. The molecule has 0 aromatic heterocycles. The molecule has 1 saturated heterocycles. The van der Waals surface area contributed by atoms with Gasteiger partial charge in [-0.25, -0.2) is 0 Å². The topological polar surface area (TPSA) is 41.7 Å². The quantitative estimate of drug-likeness (QED) is 0.818. The van der Waals surface area contributed by atoms with Gasteiger partial charge in [-0.1, -0.05) is 13.8 Å². The molecule has 1 aliphatic rings. The Morgan fingerprint density at radius 1 is 1.23 bits per heavy atom. The van der Waals surface area contributed by atoms with Crippen LogP contribution in [0.1, 0.15) is 40.5 Å². The van der Waals surface area contributed by atoms with Gasteiger partial charge < -0.3 is 20.3 Å². The minimum atomic E-state index is 0.144. The minimum Gasteiger partial charge on any atom is -0.489 e. The molecule has 0 aliphatic carbocycles. The Balaban J connectivity index is 2.02. The van der Waals surface area contributed by atoms with Gasteiger partial charge in [0.05, 0.1) is 11.8 Å². The lowest BCUT2D eigenvalue weighted by atomic mass is 10.0. The molecule has 2 N–H and O–H groups in total. The number of nitrogens with zero attached hydrogens (tertiary/aromatic N) is 2. The number of ether oxygens (including phenoxy) is 1. The Labute approximate surface area is 135 Å². The summed E-state index contributed by atoms with van der Waals surface area (Å²) < 4.78 is 5.81. The van der Waals surface area contributed by atoms with Crippen LogP contribution in [-0.2, 0) is 0 Å². The molecular formula is C18H31N3O. The minimum absolute atomic E-state index is 0.144. The van der Waals surface area contributed by atoms with Crippen molar-refractivity contribution < 1.29 is 4.74 Å². The third-order valence-electron chi connectivity index (χ3n) is 4.52. The molecule has 0 bridgehead atoms. The fourth-order valence-electron chi connectivity index (χ4n) is 3.30. The van der Waals surface area contributed by atoms with Crippen molar-refractivity contribution in [2.75, 3.05) is 36.8 Å². The van der Waals surface area contributed by atoms with Crippen molar-refractivity contribution in [3.8, 4) is 5.75 Å². The fraction of sp³-hybridized carbons (Fsp3) is 0.667. The maximum atomic E-state index is 6.01. The van der Waals surface area contributed by atoms with E-state index in [1.807, 2.05) is 19.9 Å². The smallest absolute Gasteiger partial charge is 0.144 e. The molecule has 1 heterocycles. The van der Waals surface area contributed by atoms with Gasteiger partial charge in [0.15, 0.2) is 0 Å². The molecule has 2 rings (SSSR count). The highest BCUT2D eigenvalue weighted by Crippen LogP contribution is 2.30. The maximum absolute atomic E-state index is 6.01. The van der Waals surface area contributed by atoms with Crippen LogP contribution in [0, 0.1) is 0 Å². The first kappa shape index (κ1) is 16.9. The van der Waals surface area contributed by atoms with Crippen LogP contribution >= 0.6 is 0 Å². The highest BCUT2D eigenvalue weighted by molar-refractivity contribution is 5.62. The Kier molecular flexibility index (Phi) is 5.95. The normalized spacial score (nSPS) is 16.5. The van der Waals surface area contributed by atoms with Gasteiger partial charge in [0, 0.05) is 30.9 Å². The van der Waals surface area contributed by atoms with E-state index >= 15 is 0 Å². The summed E-state index contributed by atoms with van der Waals surface area (Å²) in [6, 6.07) is 6.89. The van der Waals surface area contributed by atoms with Crippen LogP contribution in [0.3, 0.4) is 0 Å². The van der Waals surface area contributed by atoms with Crippen LogP contribution in [0.25, 0.3) is 0 Å². The van der Waals surface area contributed by atoms with Crippen molar-refractivity contribution in [1.29, 1.82) is 0 Å². The summed E-state index contributed by atoms with van der Waals surface area (Å²) in [4.78, 5) is 5.03. The van der Waals surface area contributed by atoms with Gasteiger partial charge in [0.1, 0.15) is 5.75 Å². The lowest BCUT2D eigenvalue weighted by Gasteiger charge is -2.38. The molecule has 22 heavy (non-hydrogen) atoms. The van der Waals surface area contributed by atoms with Crippen LogP contribution in [0.2, 0.25) is 0 Å². The standard InChI is InChI=1S/C18H31N3O/c1-5-20(6-2)15-9-11-21(12-10-15)16-7-8-17(19)18(13-16)22-14(3)4/h7-8,13-15H,5-6,9-12,19H2,1-4H3. The summed E-state index contributed by atoms with van der Waals surface area (Å²) in [5, 5.41) is 0. The average molecular weight is 305 g/mol. The van der Waals surface area contributed by atoms with Crippen molar-refractivity contribution in [3.63, 3.8) is 0 Å². The summed E-state index contributed by atoms with van der Waals surface area (Å²) in [6.45, 7) is 13.1. The third kappa shape index (κ3) is 4.07. The lowest BCUT2D eigenvalue weighted by Crippen LogP contribution is -2.44. The molecule has 124 valence electrons. The second kappa shape index (κ2) is 7.73. The Bertz CT molecular complexity index is 463. The lowest BCUT2D eigenvalue weighted by molar-refractivity contribution is 0.186. The van der Waals surface area contributed by atoms with Gasteiger partial charge in [0.25, 0.3) is 0 Å². The van der Waals surface area contributed by atoms with Crippen LogP contribution in [0.5, 0.6) is 5.75 Å². The number of hydrogen-bond donors (Lipinski definition) is 1. The van der Waals surface area contributed by atoms with Gasteiger partial charge >= 0.3 is 0 Å². The van der Waals surface area contributed by atoms with E-state index in [9.17, 15) is 0 Å². The molecule has 0 unspecified atom stereocenters. The first-order valence-corrected chi connectivity index (χ1v) is 8.60. The number of piperidine rings is 1. The molecule has 0 radical (unpaired) electrons. The number of nitrogen functional groups attached to an aromatic ring is 1. The van der Waals surface area contributed by atoms with Crippen molar-refractivity contribution in [2.24, 2.45) is 0 Å². The van der Waals surface area contributed by atoms with Crippen LogP contribution in [0.4, 0.5) is 11.4 Å². The fourth-order valence-corrected chi connectivity index (χ4v) is 3.30. The average Bonchev–Trinajstić information content (AvgIpc) is 2.51. The monoisotopic (exact) mass is 305 g/mol. The molecule has 0 amide bonds. The molecule has 0 atom stereocenters. The number of nitrogens with two attached hydrogens (primary N) is 1. The molecule has 0 spiro atoms. The summed E-state index contributed by atoms with van der Waals surface area (Å²) >= 11 is 0. The Hall–Kier alpha value is -1.42.